The van der Waals surface area contributed by atoms with Crippen molar-refractivity contribution in [3.05, 3.63) is 108 Å². The molecule has 1 aliphatic heterocycles. The maximum Gasteiger partial charge on any atom is 0.338 e. The lowest BCUT2D eigenvalue weighted by molar-refractivity contribution is -0.305. The van der Waals surface area contributed by atoms with Crippen molar-refractivity contribution < 1.29 is 34.0 Å². The molecule has 1 fully saturated rings. The van der Waals surface area contributed by atoms with Crippen molar-refractivity contribution in [3.63, 3.8) is 0 Å². The zero-order valence-electron chi connectivity index (χ0n) is 18.6. The quantitative estimate of drug-likeness (QED) is 0.470. The molecule has 1 saturated heterocycles. The highest BCUT2D eigenvalue weighted by Crippen LogP contribution is 2.29. The Morgan fingerprint density at radius 3 is 1.76 bits per heavy atom. The Kier molecular flexibility index (Phi) is 8.41. The minimum atomic E-state index is -1.42. The van der Waals surface area contributed by atoms with Crippen LogP contribution >= 0.6 is 0 Å². The number of ether oxygens (including phenoxy) is 4. The average Bonchev–Trinajstić information content (AvgIpc) is 2.89. The molecule has 1 heterocycles. The zero-order chi connectivity index (χ0) is 23.8. The first-order valence-electron chi connectivity index (χ1n) is 11.2. The minimum absolute atomic E-state index is 0.167. The van der Waals surface area contributed by atoms with Gasteiger partial charge >= 0.3 is 5.97 Å². The first-order valence-corrected chi connectivity index (χ1v) is 11.2. The Hall–Kier alpha value is -3.07. The van der Waals surface area contributed by atoms with Crippen LogP contribution < -0.4 is 0 Å². The number of benzene rings is 3. The highest BCUT2D eigenvalue weighted by molar-refractivity contribution is 5.89. The van der Waals surface area contributed by atoms with Gasteiger partial charge < -0.3 is 29.2 Å². The molecule has 1 aliphatic rings. The molecule has 0 bridgehead atoms. The second-order valence-corrected chi connectivity index (χ2v) is 8.01. The van der Waals surface area contributed by atoms with Gasteiger partial charge in [-0.25, -0.2) is 4.79 Å². The van der Waals surface area contributed by atoms with Gasteiger partial charge in [0.15, 0.2) is 12.4 Å². The van der Waals surface area contributed by atoms with Crippen LogP contribution in [0.2, 0.25) is 0 Å². The number of esters is 1. The highest BCUT2D eigenvalue weighted by atomic mass is 16.7. The molecule has 34 heavy (non-hydrogen) atoms. The zero-order valence-corrected chi connectivity index (χ0v) is 18.6. The van der Waals surface area contributed by atoms with Crippen molar-refractivity contribution in [2.24, 2.45) is 0 Å². The second-order valence-electron chi connectivity index (χ2n) is 8.01. The smallest absolute Gasteiger partial charge is 0.338 e. The molecule has 178 valence electrons. The normalized spacial score (nSPS) is 24.5. The number of aliphatic hydroxyl groups excluding tert-OH is 2. The maximum atomic E-state index is 12.9. The monoisotopic (exact) mass is 464 g/mol. The molecule has 4 rings (SSSR count). The van der Waals surface area contributed by atoms with Crippen LogP contribution in [-0.4, -0.2) is 53.5 Å². The van der Waals surface area contributed by atoms with Gasteiger partial charge in [0, 0.05) is 0 Å². The highest BCUT2D eigenvalue weighted by Gasteiger charge is 2.49. The first-order chi connectivity index (χ1) is 16.7. The number of rotatable bonds is 9. The summed E-state index contributed by atoms with van der Waals surface area (Å²) in [6, 6.07) is 27.5. The van der Waals surface area contributed by atoms with Gasteiger partial charge in [-0.05, 0) is 23.3 Å². The maximum absolute atomic E-state index is 12.9. The van der Waals surface area contributed by atoms with E-state index in [0.29, 0.717) is 5.56 Å². The van der Waals surface area contributed by atoms with Crippen LogP contribution in [0.25, 0.3) is 0 Å². The van der Waals surface area contributed by atoms with E-state index in [2.05, 4.69) is 0 Å². The summed E-state index contributed by atoms with van der Waals surface area (Å²) in [5, 5.41) is 20.6. The van der Waals surface area contributed by atoms with Crippen LogP contribution in [0, 0.1) is 0 Å². The topological polar surface area (TPSA) is 94.5 Å². The molecule has 2 N–H and O–H groups in total. The fourth-order valence-corrected chi connectivity index (χ4v) is 3.85. The van der Waals surface area contributed by atoms with Crippen LogP contribution in [-0.2, 0) is 32.2 Å². The molecule has 3 aromatic rings. The standard InChI is InChI=1S/C27H28O7/c28-16-22-23(31-17-19-10-4-1-5-11-19)24(34-26(29)21-14-8-3-9-15-21)25(27(30)33-22)32-18-20-12-6-2-7-13-20/h1-15,22-25,27-28,30H,16-18H2/t22-,23-,24+,25-,27+/m1/s1. The molecule has 0 spiro atoms. The predicted octanol–water partition coefficient (Wildman–Crippen LogP) is 3.09. The third-order valence-corrected chi connectivity index (χ3v) is 5.61. The van der Waals surface area contributed by atoms with Gasteiger partial charge in [-0.2, -0.15) is 0 Å². The summed E-state index contributed by atoms with van der Waals surface area (Å²) in [4.78, 5) is 12.9. The lowest BCUT2D eigenvalue weighted by Gasteiger charge is -2.43. The lowest BCUT2D eigenvalue weighted by Crippen LogP contribution is -2.61. The number of carbonyl (C=O) groups excluding carboxylic acids is 1. The number of carbonyl (C=O) groups is 1. The molecular formula is C27H28O7. The SMILES string of the molecule is O=C(O[C@@H]1[C@@H](OCc2ccccc2)[C@@H](O)O[C@H](CO)[C@H]1OCc1ccccc1)c1ccccc1. The Morgan fingerprint density at radius 2 is 1.24 bits per heavy atom. The van der Waals surface area contributed by atoms with E-state index >= 15 is 0 Å². The van der Waals surface area contributed by atoms with Crippen molar-refractivity contribution in [2.45, 2.75) is 43.9 Å². The molecule has 0 radical (unpaired) electrons. The Morgan fingerprint density at radius 1 is 0.735 bits per heavy atom. The average molecular weight is 465 g/mol. The summed E-state index contributed by atoms with van der Waals surface area (Å²) in [6.07, 6.45) is -5.27. The summed E-state index contributed by atoms with van der Waals surface area (Å²) >= 11 is 0. The van der Waals surface area contributed by atoms with Gasteiger partial charge in [0.2, 0.25) is 0 Å². The third-order valence-electron chi connectivity index (χ3n) is 5.61. The van der Waals surface area contributed by atoms with Crippen LogP contribution in [0.5, 0.6) is 0 Å². The molecule has 5 atom stereocenters. The third kappa shape index (κ3) is 6.08. The summed E-state index contributed by atoms with van der Waals surface area (Å²) < 4.78 is 23.6. The van der Waals surface area contributed by atoms with Gasteiger partial charge in [0.1, 0.15) is 18.3 Å². The van der Waals surface area contributed by atoms with E-state index in [1.807, 2.05) is 60.7 Å². The molecule has 0 aromatic heterocycles. The number of hydrogen-bond acceptors (Lipinski definition) is 7. The second kappa shape index (κ2) is 11.9. The molecule has 0 aliphatic carbocycles. The molecule has 7 heteroatoms. The number of hydrogen-bond donors (Lipinski definition) is 2. The van der Waals surface area contributed by atoms with Gasteiger partial charge in [-0.15, -0.1) is 0 Å². The van der Waals surface area contributed by atoms with Crippen LogP contribution in [0.1, 0.15) is 21.5 Å². The van der Waals surface area contributed by atoms with E-state index in [4.69, 9.17) is 18.9 Å². The molecule has 0 unspecified atom stereocenters. The Balaban J connectivity index is 1.58. The van der Waals surface area contributed by atoms with Crippen molar-refractivity contribution in [1.29, 1.82) is 0 Å². The van der Waals surface area contributed by atoms with E-state index in [1.54, 1.807) is 30.3 Å². The van der Waals surface area contributed by atoms with Crippen LogP contribution in [0.3, 0.4) is 0 Å². The Bertz CT molecular complexity index is 1010. The molecular weight excluding hydrogens is 436 g/mol. The summed E-state index contributed by atoms with van der Waals surface area (Å²) in [5.41, 5.74) is 2.14. The van der Waals surface area contributed by atoms with Crippen LogP contribution in [0.15, 0.2) is 91.0 Å². The predicted molar refractivity (Wildman–Crippen MR) is 124 cm³/mol. The van der Waals surface area contributed by atoms with E-state index in [0.717, 1.165) is 11.1 Å². The molecule has 7 nitrogen and oxygen atoms in total. The van der Waals surface area contributed by atoms with Crippen molar-refractivity contribution in [2.75, 3.05) is 6.61 Å². The van der Waals surface area contributed by atoms with Crippen molar-refractivity contribution >= 4 is 5.97 Å². The fourth-order valence-electron chi connectivity index (χ4n) is 3.85. The van der Waals surface area contributed by atoms with E-state index in [9.17, 15) is 15.0 Å². The summed E-state index contributed by atoms with van der Waals surface area (Å²) in [7, 11) is 0. The minimum Gasteiger partial charge on any atom is -0.453 e. The number of aliphatic hydroxyl groups is 2. The van der Waals surface area contributed by atoms with Gasteiger partial charge in [0.05, 0.1) is 25.4 Å². The van der Waals surface area contributed by atoms with Crippen molar-refractivity contribution in [1.82, 2.24) is 0 Å². The fraction of sp³-hybridized carbons (Fsp3) is 0.296. The van der Waals surface area contributed by atoms with Gasteiger partial charge in [0.25, 0.3) is 0 Å². The molecule has 0 saturated carbocycles. The molecule has 0 amide bonds. The Labute approximate surface area is 198 Å². The van der Waals surface area contributed by atoms with E-state index in [1.165, 1.54) is 0 Å². The van der Waals surface area contributed by atoms with Gasteiger partial charge in [-0.1, -0.05) is 78.9 Å². The first kappa shape index (κ1) is 24.1. The van der Waals surface area contributed by atoms with Gasteiger partial charge in [-0.3, -0.25) is 0 Å². The molecule has 3 aromatic carbocycles. The van der Waals surface area contributed by atoms with Crippen molar-refractivity contribution in [3.8, 4) is 0 Å². The summed E-state index contributed by atoms with van der Waals surface area (Å²) in [6.45, 7) is -0.0614. The lowest BCUT2D eigenvalue weighted by atomic mass is 9.98. The van der Waals surface area contributed by atoms with E-state index in [-0.39, 0.29) is 13.2 Å². The largest absolute Gasteiger partial charge is 0.453 e. The summed E-state index contributed by atoms with van der Waals surface area (Å²) in [5.74, 6) is -0.585. The van der Waals surface area contributed by atoms with E-state index < -0.39 is 43.3 Å². The van der Waals surface area contributed by atoms with Crippen LogP contribution in [0.4, 0.5) is 0 Å².